The van der Waals surface area contributed by atoms with Crippen molar-refractivity contribution in [3.05, 3.63) is 58.4 Å². The Kier molecular flexibility index (Phi) is 4.81. The third-order valence-corrected chi connectivity index (χ3v) is 3.36. The molecule has 2 aromatic carbocycles. The van der Waals surface area contributed by atoms with Gasteiger partial charge in [0.1, 0.15) is 5.82 Å². The van der Waals surface area contributed by atoms with Crippen molar-refractivity contribution in [2.45, 2.75) is 13.8 Å². The lowest BCUT2D eigenvalue weighted by Gasteiger charge is -2.11. The Bertz CT molecular complexity index is 673. The molecule has 0 aliphatic heterocycles. The van der Waals surface area contributed by atoms with Crippen LogP contribution in [0.25, 0.3) is 0 Å². The Morgan fingerprint density at radius 1 is 1.19 bits per heavy atom. The fourth-order valence-corrected chi connectivity index (χ4v) is 2.15. The quantitative estimate of drug-likeness (QED) is 0.875. The summed E-state index contributed by atoms with van der Waals surface area (Å²) in [6.45, 7) is 4.74. The number of carbonyl (C=O) groups is 1. The molecule has 0 aliphatic rings. The van der Waals surface area contributed by atoms with Gasteiger partial charge in [0, 0.05) is 17.8 Å². The van der Waals surface area contributed by atoms with Crippen LogP contribution >= 0.6 is 11.6 Å². The maximum atomic E-state index is 13.2. The molecule has 2 aromatic rings. The molecule has 0 unspecified atom stereocenters. The zero-order valence-electron chi connectivity index (χ0n) is 11.8. The highest BCUT2D eigenvalue weighted by Crippen LogP contribution is 2.24. The van der Waals surface area contributed by atoms with Gasteiger partial charge in [0.2, 0.25) is 0 Å². The first-order valence-electron chi connectivity index (χ1n) is 6.62. The van der Waals surface area contributed by atoms with E-state index in [9.17, 15) is 9.18 Å². The number of nitrogens with one attached hydrogen (secondary N) is 2. The third kappa shape index (κ3) is 3.73. The largest absolute Gasteiger partial charge is 0.385 e. The predicted octanol–water partition coefficient (Wildman–Crippen LogP) is 4.47. The highest BCUT2D eigenvalue weighted by Gasteiger charge is 2.10. The second kappa shape index (κ2) is 6.59. The predicted molar refractivity (Wildman–Crippen MR) is 84.7 cm³/mol. The molecule has 0 atom stereocenters. The number of rotatable bonds is 4. The molecule has 0 heterocycles. The molecule has 2 N–H and O–H groups in total. The third-order valence-electron chi connectivity index (χ3n) is 3.03. The highest BCUT2D eigenvalue weighted by molar-refractivity contribution is 6.33. The number of hydrogen-bond acceptors (Lipinski definition) is 2. The van der Waals surface area contributed by atoms with Crippen LogP contribution in [0.1, 0.15) is 22.8 Å². The summed E-state index contributed by atoms with van der Waals surface area (Å²) in [7, 11) is 0. The summed E-state index contributed by atoms with van der Waals surface area (Å²) in [6, 6.07) is 9.19. The molecule has 2 rings (SSSR count). The lowest BCUT2D eigenvalue weighted by atomic mass is 10.1. The molecular weight excluding hydrogens is 291 g/mol. The van der Waals surface area contributed by atoms with Gasteiger partial charge in [-0.1, -0.05) is 11.6 Å². The van der Waals surface area contributed by atoms with Gasteiger partial charge in [-0.05, 0) is 55.8 Å². The average molecular weight is 307 g/mol. The monoisotopic (exact) mass is 306 g/mol. The molecule has 0 aromatic heterocycles. The molecule has 5 heteroatoms. The Labute approximate surface area is 128 Å². The fourth-order valence-electron chi connectivity index (χ4n) is 1.98. The minimum absolute atomic E-state index is 0.259. The SMILES string of the molecule is CCNc1ccc(C(=O)Nc2cc(F)ccc2Cl)cc1C. The fraction of sp³-hybridized carbons (Fsp3) is 0.188. The summed E-state index contributed by atoms with van der Waals surface area (Å²) in [6.07, 6.45) is 0. The van der Waals surface area contributed by atoms with Gasteiger partial charge in [0.25, 0.3) is 5.91 Å². The molecule has 0 saturated heterocycles. The average Bonchev–Trinajstić information content (AvgIpc) is 2.45. The van der Waals surface area contributed by atoms with Gasteiger partial charge in [0.15, 0.2) is 0 Å². The van der Waals surface area contributed by atoms with Crippen LogP contribution in [-0.4, -0.2) is 12.5 Å². The zero-order valence-corrected chi connectivity index (χ0v) is 12.6. The lowest BCUT2D eigenvalue weighted by molar-refractivity contribution is 0.102. The van der Waals surface area contributed by atoms with Gasteiger partial charge in [-0.2, -0.15) is 0 Å². The van der Waals surface area contributed by atoms with Crippen LogP contribution in [-0.2, 0) is 0 Å². The minimum Gasteiger partial charge on any atom is -0.385 e. The number of hydrogen-bond donors (Lipinski definition) is 2. The molecule has 0 saturated carbocycles. The molecule has 0 radical (unpaired) electrons. The standard InChI is InChI=1S/C16H16ClFN2O/c1-3-19-14-7-4-11(8-10(14)2)16(21)20-15-9-12(18)5-6-13(15)17/h4-9,19H,3H2,1-2H3,(H,20,21). The van der Waals surface area contributed by atoms with E-state index in [0.717, 1.165) is 17.8 Å². The van der Waals surface area contributed by atoms with Crippen LogP contribution < -0.4 is 10.6 Å². The molecule has 0 spiro atoms. The molecule has 110 valence electrons. The van der Waals surface area contributed by atoms with Gasteiger partial charge in [-0.25, -0.2) is 4.39 Å². The number of aryl methyl sites for hydroxylation is 1. The van der Waals surface area contributed by atoms with Gasteiger partial charge in [0.05, 0.1) is 10.7 Å². The topological polar surface area (TPSA) is 41.1 Å². The summed E-state index contributed by atoms with van der Waals surface area (Å²) in [5, 5.41) is 6.12. The maximum absolute atomic E-state index is 13.2. The summed E-state index contributed by atoms with van der Waals surface area (Å²) >= 11 is 5.93. The van der Waals surface area contributed by atoms with Crippen molar-refractivity contribution < 1.29 is 9.18 Å². The molecule has 0 bridgehead atoms. The molecular formula is C16H16ClFN2O. The van der Waals surface area contributed by atoms with Crippen LogP contribution in [0.3, 0.4) is 0 Å². The van der Waals surface area contributed by atoms with E-state index in [1.165, 1.54) is 18.2 Å². The number of carbonyl (C=O) groups excluding carboxylic acids is 1. The number of benzene rings is 2. The second-order valence-corrected chi connectivity index (χ2v) is 5.05. The van der Waals surface area contributed by atoms with E-state index in [4.69, 9.17) is 11.6 Å². The number of amides is 1. The Balaban J connectivity index is 2.20. The van der Waals surface area contributed by atoms with Crippen molar-refractivity contribution in [1.29, 1.82) is 0 Å². The maximum Gasteiger partial charge on any atom is 0.255 e. The van der Waals surface area contributed by atoms with Crippen molar-refractivity contribution in [2.24, 2.45) is 0 Å². The normalized spacial score (nSPS) is 10.3. The van der Waals surface area contributed by atoms with E-state index in [2.05, 4.69) is 10.6 Å². The lowest BCUT2D eigenvalue weighted by Crippen LogP contribution is -2.13. The molecule has 1 amide bonds. The zero-order chi connectivity index (χ0) is 15.4. The van der Waals surface area contributed by atoms with Crippen molar-refractivity contribution in [3.8, 4) is 0 Å². The first kappa shape index (κ1) is 15.3. The summed E-state index contributed by atoms with van der Waals surface area (Å²) in [5.41, 5.74) is 2.71. The van der Waals surface area contributed by atoms with Gasteiger partial charge < -0.3 is 10.6 Å². The Hall–Kier alpha value is -2.07. The van der Waals surface area contributed by atoms with Crippen molar-refractivity contribution in [3.63, 3.8) is 0 Å². The van der Waals surface area contributed by atoms with E-state index in [-0.39, 0.29) is 11.6 Å². The molecule has 0 fully saturated rings. The minimum atomic E-state index is -0.451. The van der Waals surface area contributed by atoms with Crippen LogP contribution in [0.15, 0.2) is 36.4 Å². The molecule has 3 nitrogen and oxygen atoms in total. The number of halogens is 2. The number of anilines is 2. The van der Waals surface area contributed by atoms with E-state index in [0.29, 0.717) is 10.6 Å². The van der Waals surface area contributed by atoms with Gasteiger partial charge >= 0.3 is 0 Å². The Morgan fingerprint density at radius 3 is 2.62 bits per heavy atom. The molecule has 0 aliphatic carbocycles. The first-order valence-corrected chi connectivity index (χ1v) is 7.00. The van der Waals surface area contributed by atoms with E-state index < -0.39 is 5.82 Å². The van der Waals surface area contributed by atoms with Crippen molar-refractivity contribution in [1.82, 2.24) is 0 Å². The highest BCUT2D eigenvalue weighted by atomic mass is 35.5. The summed E-state index contributed by atoms with van der Waals surface area (Å²) < 4.78 is 13.2. The summed E-state index contributed by atoms with van der Waals surface area (Å²) in [5.74, 6) is -0.776. The summed E-state index contributed by atoms with van der Waals surface area (Å²) in [4.78, 5) is 12.2. The van der Waals surface area contributed by atoms with Crippen LogP contribution in [0.2, 0.25) is 5.02 Å². The van der Waals surface area contributed by atoms with Gasteiger partial charge in [-0.15, -0.1) is 0 Å². The van der Waals surface area contributed by atoms with Crippen molar-refractivity contribution in [2.75, 3.05) is 17.2 Å². The smallest absolute Gasteiger partial charge is 0.255 e. The van der Waals surface area contributed by atoms with Crippen LogP contribution in [0.4, 0.5) is 15.8 Å². The first-order chi connectivity index (χ1) is 10.0. The van der Waals surface area contributed by atoms with Crippen LogP contribution in [0, 0.1) is 12.7 Å². The Morgan fingerprint density at radius 2 is 1.95 bits per heavy atom. The van der Waals surface area contributed by atoms with E-state index in [1.54, 1.807) is 12.1 Å². The van der Waals surface area contributed by atoms with E-state index in [1.807, 2.05) is 19.9 Å². The van der Waals surface area contributed by atoms with Crippen molar-refractivity contribution >= 4 is 28.9 Å². The molecule has 21 heavy (non-hydrogen) atoms. The van der Waals surface area contributed by atoms with E-state index >= 15 is 0 Å². The van der Waals surface area contributed by atoms with Crippen LogP contribution in [0.5, 0.6) is 0 Å². The van der Waals surface area contributed by atoms with Gasteiger partial charge in [-0.3, -0.25) is 4.79 Å². The second-order valence-electron chi connectivity index (χ2n) is 4.64.